The summed E-state index contributed by atoms with van der Waals surface area (Å²) in [5, 5.41) is 8.98. The van der Waals surface area contributed by atoms with Crippen LogP contribution in [0.1, 0.15) is 45.1 Å². The minimum atomic E-state index is 0.160. The predicted molar refractivity (Wildman–Crippen MR) is 89.2 cm³/mol. The normalized spacial score (nSPS) is 12.7. The molecule has 0 aromatic heterocycles. The number of aliphatic hydroxyl groups excluding tert-OH is 1. The van der Waals surface area contributed by atoms with Crippen LogP contribution in [-0.2, 0) is 11.3 Å². The molecule has 0 unspecified atom stereocenters. The van der Waals surface area contributed by atoms with E-state index >= 15 is 0 Å². The van der Waals surface area contributed by atoms with Crippen molar-refractivity contribution in [2.75, 3.05) is 13.2 Å². The van der Waals surface area contributed by atoms with E-state index in [2.05, 4.69) is 31.2 Å². The average molecular weight is 288 g/mol. The highest BCUT2D eigenvalue weighted by Crippen LogP contribution is 2.13. The van der Waals surface area contributed by atoms with Gasteiger partial charge in [-0.15, -0.1) is 0 Å². The third-order valence-electron chi connectivity index (χ3n) is 3.38. The molecule has 0 fully saturated rings. The van der Waals surface area contributed by atoms with Gasteiger partial charge in [-0.25, -0.2) is 0 Å². The zero-order valence-corrected chi connectivity index (χ0v) is 13.3. The first-order valence-corrected chi connectivity index (χ1v) is 7.82. The van der Waals surface area contributed by atoms with E-state index in [1.807, 2.05) is 25.1 Å². The third kappa shape index (κ3) is 8.49. The van der Waals surface area contributed by atoms with Gasteiger partial charge in [-0.3, -0.25) is 0 Å². The molecule has 0 amide bonds. The Labute approximate surface area is 129 Å². The molecule has 1 rings (SSSR count). The molecule has 0 saturated heterocycles. The van der Waals surface area contributed by atoms with Gasteiger partial charge in [0, 0.05) is 0 Å². The highest BCUT2D eigenvalue weighted by molar-refractivity contribution is 5.13. The predicted octanol–water partition coefficient (Wildman–Crippen LogP) is 4.65. The quantitative estimate of drug-likeness (QED) is 0.501. The molecular weight excluding hydrogens is 260 g/mol. The minimum absolute atomic E-state index is 0.160. The minimum Gasteiger partial charge on any atom is -0.392 e. The molecule has 1 aromatic carbocycles. The molecule has 0 atom stereocenters. The van der Waals surface area contributed by atoms with Crippen molar-refractivity contribution in [1.82, 2.24) is 0 Å². The molecule has 0 heterocycles. The van der Waals surface area contributed by atoms with E-state index < -0.39 is 0 Å². The van der Waals surface area contributed by atoms with Crippen LogP contribution >= 0.6 is 0 Å². The second-order valence-corrected chi connectivity index (χ2v) is 5.36. The Morgan fingerprint density at radius 2 is 1.90 bits per heavy atom. The summed E-state index contributed by atoms with van der Waals surface area (Å²) >= 11 is 0. The zero-order valence-electron chi connectivity index (χ0n) is 13.3. The summed E-state index contributed by atoms with van der Waals surface area (Å²) in [7, 11) is 0. The Kier molecular flexibility index (Phi) is 9.51. The Morgan fingerprint density at radius 1 is 1.14 bits per heavy atom. The molecule has 0 bridgehead atoms. The Morgan fingerprint density at radius 3 is 2.57 bits per heavy atom. The van der Waals surface area contributed by atoms with E-state index in [4.69, 9.17) is 9.84 Å². The molecule has 2 heteroatoms. The van der Waals surface area contributed by atoms with E-state index in [1.54, 1.807) is 0 Å². The summed E-state index contributed by atoms with van der Waals surface area (Å²) in [6.07, 6.45) is 8.67. The SMILES string of the molecule is CCC/C(=C\COCc1ccccc1)CC/C=C(\C)CO. The van der Waals surface area contributed by atoms with E-state index in [1.165, 1.54) is 11.1 Å². The molecule has 1 N–H and O–H groups in total. The summed E-state index contributed by atoms with van der Waals surface area (Å²) in [5.74, 6) is 0. The highest BCUT2D eigenvalue weighted by Gasteiger charge is 1.97. The van der Waals surface area contributed by atoms with Crippen LogP contribution in [0.15, 0.2) is 53.6 Å². The lowest BCUT2D eigenvalue weighted by molar-refractivity contribution is 0.148. The van der Waals surface area contributed by atoms with Gasteiger partial charge >= 0.3 is 0 Å². The second-order valence-electron chi connectivity index (χ2n) is 5.36. The molecule has 0 aliphatic heterocycles. The standard InChI is InChI=1S/C19H28O2/c1-3-8-18(12-7-9-17(2)15-20)13-14-21-16-19-10-5-4-6-11-19/h4-6,9-11,13,20H,3,7-8,12,14-16H2,1-2H3/b17-9+,18-13+. The number of hydrogen-bond acceptors (Lipinski definition) is 2. The van der Waals surface area contributed by atoms with Crippen LogP contribution in [0.4, 0.5) is 0 Å². The van der Waals surface area contributed by atoms with Crippen LogP contribution in [0.3, 0.4) is 0 Å². The van der Waals surface area contributed by atoms with Gasteiger partial charge in [-0.2, -0.15) is 0 Å². The van der Waals surface area contributed by atoms with Gasteiger partial charge in [0.25, 0.3) is 0 Å². The third-order valence-corrected chi connectivity index (χ3v) is 3.38. The smallest absolute Gasteiger partial charge is 0.0721 e. The molecule has 0 spiro atoms. The highest BCUT2D eigenvalue weighted by atomic mass is 16.5. The van der Waals surface area contributed by atoms with Crippen LogP contribution < -0.4 is 0 Å². The fraction of sp³-hybridized carbons (Fsp3) is 0.474. The van der Waals surface area contributed by atoms with Crippen molar-refractivity contribution >= 4 is 0 Å². The van der Waals surface area contributed by atoms with Crippen molar-refractivity contribution in [2.45, 2.75) is 46.1 Å². The molecule has 0 radical (unpaired) electrons. The summed E-state index contributed by atoms with van der Waals surface area (Å²) in [6, 6.07) is 10.3. The molecule has 0 aliphatic rings. The molecule has 21 heavy (non-hydrogen) atoms. The lowest BCUT2D eigenvalue weighted by Gasteiger charge is -2.06. The first kappa shape index (κ1) is 17.7. The molecular formula is C19H28O2. The van der Waals surface area contributed by atoms with E-state index in [0.29, 0.717) is 13.2 Å². The van der Waals surface area contributed by atoms with E-state index in [9.17, 15) is 0 Å². The van der Waals surface area contributed by atoms with Crippen molar-refractivity contribution in [3.05, 3.63) is 59.2 Å². The van der Waals surface area contributed by atoms with Gasteiger partial charge in [0.05, 0.1) is 19.8 Å². The van der Waals surface area contributed by atoms with Gasteiger partial charge in [-0.1, -0.05) is 67.0 Å². The van der Waals surface area contributed by atoms with Crippen molar-refractivity contribution < 1.29 is 9.84 Å². The molecule has 0 aliphatic carbocycles. The second kappa shape index (κ2) is 11.3. The topological polar surface area (TPSA) is 29.5 Å². The summed E-state index contributed by atoms with van der Waals surface area (Å²) in [4.78, 5) is 0. The number of hydrogen-bond donors (Lipinski definition) is 1. The van der Waals surface area contributed by atoms with Crippen LogP contribution in [-0.4, -0.2) is 18.3 Å². The monoisotopic (exact) mass is 288 g/mol. The molecule has 116 valence electrons. The van der Waals surface area contributed by atoms with Crippen LogP contribution in [0.5, 0.6) is 0 Å². The number of aliphatic hydroxyl groups is 1. The Balaban J connectivity index is 2.34. The van der Waals surface area contributed by atoms with Gasteiger partial charge < -0.3 is 9.84 Å². The van der Waals surface area contributed by atoms with Crippen LogP contribution in [0.25, 0.3) is 0 Å². The zero-order chi connectivity index (χ0) is 15.3. The lowest BCUT2D eigenvalue weighted by atomic mass is 10.0. The number of rotatable bonds is 10. The maximum absolute atomic E-state index is 8.98. The van der Waals surface area contributed by atoms with Gasteiger partial charge in [0.2, 0.25) is 0 Å². The molecule has 1 aromatic rings. The van der Waals surface area contributed by atoms with Gasteiger partial charge in [-0.05, 0) is 31.7 Å². The van der Waals surface area contributed by atoms with Crippen molar-refractivity contribution in [3.8, 4) is 0 Å². The fourth-order valence-corrected chi connectivity index (χ4v) is 2.15. The molecule has 2 nitrogen and oxygen atoms in total. The van der Waals surface area contributed by atoms with E-state index in [0.717, 1.165) is 31.3 Å². The average Bonchev–Trinajstić information content (AvgIpc) is 2.52. The number of benzene rings is 1. The fourth-order valence-electron chi connectivity index (χ4n) is 2.15. The Hall–Kier alpha value is -1.38. The first-order valence-electron chi connectivity index (χ1n) is 7.82. The Bertz CT molecular complexity index is 432. The summed E-state index contributed by atoms with van der Waals surface area (Å²) in [5.41, 5.74) is 3.71. The largest absolute Gasteiger partial charge is 0.392 e. The maximum Gasteiger partial charge on any atom is 0.0721 e. The summed E-state index contributed by atoms with van der Waals surface area (Å²) < 4.78 is 5.71. The number of ether oxygens (including phenoxy) is 1. The summed E-state index contributed by atoms with van der Waals surface area (Å²) in [6.45, 7) is 5.67. The number of allylic oxidation sites excluding steroid dienone is 2. The first-order chi connectivity index (χ1) is 10.3. The molecule has 0 saturated carbocycles. The van der Waals surface area contributed by atoms with Crippen LogP contribution in [0.2, 0.25) is 0 Å². The van der Waals surface area contributed by atoms with Crippen molar-refractivity contribution in [1.29, 1.82) is 0 Å². The maximum atomic E-state index is 8.98. The van der Waals surface area contributed by atoms with Crippen molar-refractivity contribution in [2.24, 2.45) is 0 Å². The van der Waals surface area contributed by atoms with Crippen molar-refractivity contribution in [3.63, 3.8) is 0 Å². The van der Waals surface area contributed by atoms with Gasteiger partial charge in [0.1, 0.15) is 0 Å². The van der Waals surface area contributed by atoms with Crippen LogP contribution in [0, 0.1) is 0 Å². The van der Waals surface area contributed by atoms with E-state index in [-0.39, 0.29) is 6.61 Å². The van der Waals surface area contributed by atoms with Gasteiger partial charge in [0.15, 0.2) is 0 Å². The lowest BCUT2D eigenvalue weighted by Crippen LogP contribution is -1.95.